The maximum Gasteiger partial charge on any atom is 0.261 e. The maximum absolute atomic E-state index is 13.6. The lowest BCUT2D eigenvalue weighted by atomic mass is 10.1. The van der Waals surface area contributed by atoms with E-state index in [1.165, 1.54) is 0 Å². The number of rotatable bonds is 9. The standard InChI is InChI=1S/C29H31N3O3/c1-4-18-31(27(33)19-22-14-16-24(35-3)17-15-22)21(2)28-30-26-13-9-8-12-25(26)29(34)32(28)20-23-10-6-5-7-11-23/h5-17,21H,4,18-20H2,1-3H3. The second-order valence-corrected chi connectivity index (χ2v) is 8.65. The lowest BCUT2D eigenvalue weighted by Gasteiger charge is -2.30. The molecule has 0 aliphatic heterocycles. The molecule has 0 N–H and O–H groups in total. The van der Waals surface area contributed by atoms with Crippen LogP contribution in [0.25, 0.3) is 10.9 Å². The molecule has 0 spiro atoms. The highest BCUT2D eigenvalue weighted by molar-refractivity contribution is 5.80. The van der Waals surface area contributed by atoms with Gasteiger partial charge in [-0.05, 0) is 48.7 Å². The summed E-state index contributed by atoms with van der Waals surface area (Å²) in [6.07, 6.45) is 1.07. The number of carbonyl (C=O) groups excluding carboxylic acids is 1. The topological polar surface area (TPSA) is 64.4 Å². The van der Waals surface area contributed by atoms with Gasteiger partial charge in [-0.15, -0.1) is 0 Å². The molecule has 0 saturated heterocycles. The SMILES string of the molecule is CCCN(C(=O)Cc1ccc(OC)cc1)C(C)c1nc2ccccc2c(=O)n1Cc1ccccc1. The van der Waals surface area contributed by atoms with E-state index in [4.69, 9.17) is 9.72 Å². The number of hydrogen-bond acceptors (Lipinski definition) is 4. The zero-order valence-electron chi connectivity index (χ0n) is 20.5. The van der Waals surface area contributed by atoms with Crippen molar-refractivity contribution in [2.24, 2.45) is 0 Å². The summed E-state index contributed by atoms with van der Waals surface area (Å²) >= 11 is 0. The summed E-state index contributed by atoms with van der Waals surface area (Å²) in [6.45, 7) is 4.97. The van der Waals surface area contributed by atoms with Gasteiger partial charge in [0.25, 0.3) is 5.56 Å². The van der Waals surface area contributed by atoms with Gasteiger partial charge in [0.2, 0.25) is 5.91 Å². The van der Waals surface area contributed by atoms with Gasteiger partial charge in [0.1, 0.15) is 11.6 Å². The number of nitrogens with zero attached hydrogens (tertiary/aromatic N) is 3. The molecule has 35 heavy (non-hydrogen) atoms. The van der Waals surface area contributed by atoms with Crippen molar-refractivity contribution in [3.63, 3.8) is 0 Å². The highest BCUT2D eigenvalue weighted by Crippen LogP contribution is 2.23. The minimum absolute atomic E-state index is 0.00168. The predicted octanol–water partition coefficient (Wildman–Crippen LogP) is 5.00. The first-order valence-electron chi connectivity index (χ1n) is 12.0. The molecule has 0 bridgehead atoms. The Labute approximate surface area is 205 Å². The fraction of sp³-hybridized carbons (Fsp3) is 0.276. The fourth-order valence-corrected chi connectivity index (χ4v) is 4.36. The quantitative estimate of drug-likeness (QED) is 0.346. The van der Waals surface area contributed by atoms with Crippen LogP contribution in [0, 0.1) is 0 Å². The zero-order chi connectivity index (χ0) is 24.8. The number of ether oxygens (including phenoxy) is 1. The van der Waals surface area contributed by atoms with Crippen LogP contribution in [0.5, 0.6) is 5.75 Å². The number of hydrogen-bond donors (Lipinski definition) is 0. The van der Waals surface area contributed by atoms with Gasteiger partial charge >= 0.3 is 0 Å². The average molecular weight is 470 g/mol. The minimum atomic E-state index is -0.373. The number of fused-ring (bicyclic) bond motifs is 1. The number of methoxy groups -OCH3 is 1. The number of para-hydroxylation sites is 1. The van der Waals surface area contributed by atoms with Crippen LogP contribution >= 0.6 is 0 Å². The lowest BCUT2D eigenvalue weighted by Crippen LogP contribution is -2.39. The van der Waals surface area contributed by atoms with E-state index in [2.05, 4.69) is 0 Å². The summed E-state index contributed by atoms with van der Waals surface area (Å²) < 4.78 is 6.94. The molecule has 4 aromatic rings. The molecule has 6 heteroatoms. The molecule has 0 aliphatic carbocycles. The van der Waals surface area contributed by atoms with Crippen molar-refractivity contribution in [1.29, 1.82) is 0 Å². The number of benzene rings is 3. The summed E-state index contributed by atoms with van der Waals surface area (Å²) in [5.41, 5.74) is 2.46. The normalized spacial score (nSPS) is 11.9. The van der Waals surface area contributed by atoms with E-state index in [0.717, 1.165) is 23.3 Å². The lowest BCUT2D eigenvalue weighted by molar-refractivity contribution is -0.132. The second kappa shape index (κ2) is 11.0. The minimum Gasteiger partial charge on any atom is -0.497 e. The van der Waals surface area contributed by atoms with Gasteiger partial charge < -0.3 is 9.64 Å². The summed E-state index contributed by atoms with van der Waals surface area (Å²) in [5, 5.41) is 0.575. The molecule has 0 radical (unpaired) electrons. The molecule has 0 saturated carbocycles. The van der Waals surface area contributed by atoms with Crippen LogP contribution < -0.4 is 10.3 Å². The molecule has 0 fully saturated rings. The summed E-state index contributed by atoms with van der Waals surface area (Å²) in [5.74, 6) is 1.34. The van der Waals surface area contributed by atoms with E-state index in [0.29, 0.717) is 29.8 Å². The highest BCUT2D eigenvalue weighted by atomic mass is 16.5. The Morgan fingerprint density at radius 2 is 1.66 bits per heavy atom. The van der Waals surface area contributed by atoms with Crippen LogP contribution in [0.15, 0.2) is 83.7 Å². The van der Waals surface area contributed by atoms with Gasteiger partial charge in [-0.1, -0.05) is 61.5 Å². The van der Waals surface area contributed by atoms with E-state index >= 15 is 0 Å². The Kier molecular flexibility index (Phi) is 7.60. The van der Waals surface area contributed by atoms with Gasteiger partial charge in [0, 0.05) is 6.54 Å². The first kappa shape index (κ1) is 24.2. The van der Waals surface area contributed by atoms with Gasteiger partial charge in [0.05, 0.1) is 37.0 Å². The van der Waals surface area contributed by atoms with E-state index in [1.807, 2.05) is 91.5 Å². The molecular formula is C29H31N3O3. The third-order valence-corrected chi connectivity index (χ3v) is 6.22. The van der Waals surface area contributed by atoms with Gasteiger partial charge in [-0.2, -0.15) is 0 Å². The monoisotopic (exact) mass is 469 g/mol. The van der Waals surface area contributed by atoms with Crippen LogP contribution in [0.4, 0.5) is 0 Å². The summed E-state index contributed by atoms with van der Waals surface area (Å²) in [7, 11) is 1.62. The molecule has 1 unspecified atom stereocenters. The molecule has 1 amide bonds. The second-order valence-electron chi connectivity index (χ2n) is 8.65. The maximum atomic E-state index is 13.6. The van der Waals surface area contributed by atoms with E-state index in [-0.39, 0.29) is 23.9 Å². The van der Waals surface area contributed by atoms with Crippen LogP contribution in [0.3, 0.4) is 0 Å². The largest absolute Gasteiger partial charge is 0.497 e. The molecule has 6 nitrogen and oxygen atoms in total. The summed E-state index contributed by atoms with van der Waals surface area (Å²) in [4.78, 5) is 33.8. The van der Waals surface area contributed by atoms with Crippen LogP contribution in [0.2, 0.25) is 0 Å². The van der Waals surface area contributed by atoms with Crippen molar-refractivity contribution < 1.29 is 9.53 Å². The van der Waals surface area contributed by atoms with Gasteiger partial charge in [-0.25, -0.2) is 4.98 Å². The molecule has 3 aromatic carbocycles. The molecule has 1 atom stereocenters. The van der Waals surface area contributed by atoms with Crippen molar-refractivity contribution >= 4 is 16.8 Å². The molecular weight excluding hydrogens is 438 g/mol. The highest BCUT2D eigenvalue weighted by Gasteiger charge is 2.26. The number of carbonyl (C=O) groups is 1. The number of amides is 1. The Morgan fingerprint density at radius 1 is 0.971 bits per heavy atom. The zero-order valence-corrected chi connectivity index (χ0v) is 20.5. The van der Waals surface area contributed by atoms with Crippen molar-refractivity contribution in [3.8, 4) is 5.75 Å². The molecule has 1 heterocycles. The average Bonchev–Trinajstić information content (AvgIpc) is 2.89. The fourth-order valence-electron chi connectivity index (χ4n) is 4.36. The van der Waals surface area contributed by atoms with Crippen LogP contribution in [-0.4, -0.2) is 34.0 Å². The van der Waals surface area contributed by atoms with Crippen molar-refractivity contribution in [2.75, 3.05) is 13.7 Å². The van der Waals surface area contributed by atoms with E-state index in [1.54, 1.807) is 17.7 Å². The molecule has 180 valence electrons. The molecule has 0 aliphatic rings. The van der Waals surface area contributed by atoms with Crippen molar-refractivity contribution in [1.82, 2.24) is 14.5 Å². The van der Waals surface area contributed by atoms with Crippen molar-refractivity contribution in [2.45, 2.75) is 39.3 Å². The third-order valence-electron chi connectivity index (χ3n) is 6.22. The summed E-state index contributed by atoms with van der Waals surface area (Å²) in [6, 6.07) is 24.4. The van der Waals surface area contributed by atoms with Crippen LogP contribution in [0.1, 0.15) is 43.3 Å². The molecule has 1 aromatic heterocycles. The first-order chi connectivity index (χ1) is 17.0. The van der Waals surface area contributed by atoms with E-state index < -0.39 is 0 Å². The Hall–Kier alpha value is -3.93. The molecule has 4 rings (SSSR count). The number of aromatic nitrogens is 2. The Bertz CT molecular complexity index is 1350. The smallest absolute Gasteiger partial charge is 0.261 e. The van der Waals surface area contributed by atoms with Crippen LogP contribution in [-0.2, 0) is 17.8 Å². The Morgan fingerprint density at radius 3 is 2.34 bits per heavy atom. The third kappa shape index (κ3) is 5.43. The van der Waals surface area contributed by atoms with Gasteiger partial charge in [-0.3, -0.25) is 14.2 Å². The Balaban J connectivity index is 1.73. The predicted molar refractivity (Wildman–Crippen MR) is 139 cm³/mol. The first-order valence-corrected chi connectivity index (χ1v) is 12.0. The van der Waals surface area contributed by atoms with Crippen molar-refractivity contribution in [3.05, 3.63) is 106 Å². The van der Waals surface area contributed by atoms with E-state index in [9.17, 15) is 9.59 Å². The van der Waals surface area contributed by atoms with Gasteiger partial charge in [0.15, 0.2) is 0 Å².